The average molecular weight is 360 g/mol. The van der Waals surface area contributed by atoms with Gasteiger partial charge in [-0.15, -0.1) is 0 Å². The lowest BCUT2D eigenvalue weighted by Crippen LogP contribution is -2.47. The molecule has 0 spiro atoms. The summed E-state index contributed by atoms with van der Waals surface area (Å²) >= 11 is 6.24. The third-order valence-corrected chi connectivity index (χ3v) is 6.21. The van der Waals surface area contributed by atoms with Crippen LogP contribution in [0.1, 0.15) is 5.56 Å². The molecule has 2 aromatic rings. The van der Waals surface area contributed by atoms with Crippen molar-refractivity contribution in [1.29, 1.82) is 0 Å². The van der Waals surface area contributed by atoms with Crippen molar-refractivity contribution in [2.75, 3.05) is 33.2 Å². The van der Waals surface area contributed by atoms with E-state index in [0.717, 1.165) is 53.1 Å². The molecule has 124 valence electrons. The van der Waals surface area contributed by atoms with Gasteiger partial charge in [0.15, 0.2) is 0 Å². The number of benzene rings is 2. The molecule has 0 bridgehead atoms. The van der Waals surface area contributed by atoms with Crippen molar-refractivity contribution < 1.29 is 4.21 Å². The van der Waals surface area contributed by atoms with Crippen LogP contribution in [-0.4, -0.2) is 53.1 Å². The molecular formula is C18H18ClN3OS. The predicted octanol–water partition coefficient (Wildman–Crippen LogP) is 3.15. The number of nitrogens with zero attached hydrogens (tertiary/aromatic N) is 3. The quantitative estimate of drug-likeness (QED) is 0.725. The fraction of sp³-hybridized carbons (Fsp3) is 0.278. The number of hydrogen-bond acceptors (Lipinski definition) is 4. The number of likely N-dealkylation sites (N-methyl/N-ethyl adjacent to an activating group) is 1. The Hall–Kier alpha value is -1.69. The normalized spacial score (nSPS) is 20.8. The maximum Gasteiger partial charge on any atom is 0.137 e. The minimum atomic E-state index is -1.26. The van der Waals surface area contributed by atoms with Crippen LogP contribution in [0.25, 0.3) is 0 Å². The molecule has 0 N–H and O–H groups in total. The lowest BCUT2D eigenvalue weighted by molar-refractivity contribution is 0.215. The van der Waals surface area contributed by atoms with E-state index >= 15 is 0 Å². The van der Waals surface area contributed by atoms with Crippen LogP contribution >= 0.6 is 11.6 Å². The molecule has 1 unspecified atom stereocenters. The number of para-hydroxylation sites is 1. The lowest BCUT2D eigenvalue weighted by atomic mass is 10.1. The van der Waals surface area contributed by atoms with Crippen molar-refractivity contribution in [2.45, 2.75) is 9.79 Å². The summed E-state index contributed by atoms with van der Waals surface area (Å²) in [7, 11) is 0.868. The summed E-state index contributed by atoms with van der Waals surface area (Å²) in [6, 6.07) is 13.2. The van der Waals surface area contributed by atoms with Crippen LogP contribution in [0.4, 0.5) is 5.69 Å². The fourth-order valence-electron chi connectivity index (χ4n) is 3.10. The Balaban J connectivity index is 1.90. The van der Waals surface area contributed by atoms with Gasteiger partial charge in [0.05, 0.1) is 26.3 Å². The summed E-state index contributed by atoms with van der Waals surface area (Å²) < 4.78 is 13.1. The molecule has 4 rings (SSSR count). The van der Waals surface area contributed by atoms with Crippen LogP contribution in [0.3, 0.4) is 0 Å². The second-order valence-corrected chi connectivity index (χ2v) is 7.96. The van der Waals surface area contributed by atoms with Gasteiger partial charge in [0.25, 0.3) is 0 Å². The van der Waals surface area contributed by atoms with Gasteiger partial charge >= 0.3 is 0 Å². The van der Waals surface area contributed by atoms with E-state index in [0.29, 0.717) is 5.02 Å². The zero-order valence-corrected chi connectivity index (χ0v) is 15.0. The van der Waals surface area contributed by atoms with Crippen molar-refractivity contribution in [3.05, 3.63) is 53.1 Å². The van der Waals surface area contributed by atoms with Gasteiger partial charge in [-0.25, -0.2) is 9.20 Å². The molecule has 2 aromatic carbocycles. The molecule has 2 heterocycles. The Morgan fingerprint density at radius 1 is 1.04 bits per heavy atom. The Bertz CT molecular complexity index is 844. The van der Waals surface area contributed by atoms with Crippen LogP contribution in [0.5, 0.6) is 0 Å². The van der Waals surface area contributed by atoms with Gasteiger partial charge in [-0.2, -0.15) is 0 Å². The van der Waals surface area contributed by atoms with Crippen molar-refractivity contribution in [3.8, 4) is 0 Å². The molecule has 0 aliphatic carbocycles. The Morgan fingerprint density at radius 2 is 1.79 bits per heavy atom. The molecule has 0 radical (unpaired) electrons. The van der Waals surface area contributed by atoms with Gasteiger partial charge in [-0.3, -0.25) is 0 Å². The minimum absolute atomic E-state index is 0.638. The molecule has 2 aliphatic rings. The maximum absolute atomic E-state index is 13.1. The topological polar surface area (TPSA) is 35.9 Å². The van der Waals surface area contributed by atoms with Gasteiger partial charge in [0, 0.05) is 36.8 Å². The molecule has 0 aromatic heterocycles. The predicted molar refractivity (Wildman–Crippen MR) is 97.8 cm³/mol. The van der Waals surface area contributed by atoms with Gasteiger partial charge in [0.1, 0.15) is 5.84 Å². The zero-order valence-electron chi connectivity index (χ0n) is 13.4. The second-order valence-electron chi connectivity index (χ2n) is 6.10. The standard InChI is InChI=1S/C18H18ClN3OS/c1-21-8-10-22(11-9-21)18-14-12-13(19)6-7-16(14)24(23)17-5-3-2-4-15(17)20-18/h2-7,12H,8-11H2,1H3. The van der Waals surface area contributed by atoms with Crippen molar-refractivity contribution in [3.63, 3.8) is 0 Å². The zero-order chi connectivity index (χ0) is 16.7. The summed E-state index contributed by atoms with van der Waals surface area (Å²) in [5.41, 5.74) is 1.65. The van der Waals surface area contributed by atoms with E-state index < -0.39 is 10.8 Å². The highest BCUT2D eigenvalue weighted by Gasteiger charge is 2.27. The summed E-state index contributed by atoms with van der Waals surface area (Å²) in [6.07, 6.45) is 0. The molecule has 0 saturated carbocycles. The number of hydrogen-bond donors (Lipinski definition) is 0. The first kappa shape index (κ1) is 15.8. The minimum Gasteiger partial charge on any atom is -0.353 e. The smallest absolute Gasteiger partial charge is 0.137 e. The highest BCUT2D eigenvalue weighted by molar-refractivity contribution is 7.85. The van der Waals surface area contributed by atoms with Gasteiger partial charge in [-0.05, 0) is 37.4 Å². The van der Waals surface area contributed by atoms with E-state index in [-0.39, 0.29) is 0 Å². The summed E-state index contributed by atoms with van der Waals surface area (Å²) in [5, 5.41) is 0.638. The first-order valence-electron chi connectivity index (χ1n) is 7.96. The van der Waals surface area contributed by atoms with Crippen LogP contribution in [0.15, 0.2) is 57.2 Å². The van der Waals surface area contributed by atoms with E-state index in [4.69, 9.17) is 16.6 Å². The molecule has 1 atom stereocenters. The number of piperazine rings is 1. The number of fused-ring (bicyclic) bond motifs is 2. The second kappa shape index (κ2) is 6.31. The number of halogens is 1. The van der Waals surface area contributed by atoms with E-state index in [9.17, 15) is 4.21 Å². The van der Waals surface area contributed by atoms with Crippen LogP contribution in [-0.2, 0) is 10.8 Å². The molecule has 1 fully saturated rings. The Labute approximate surface area is 149 Å². The molecule has 0 amide bonds. The third kappa shape index (κ3) is 2.77. The maximum atomic E-state index is 13.1. The van der Waals surface area contributed by atoms with Crippen molar-refractivity contribution >= 4 is 33.9 Å². The SMILES string of the molecule is CN1CCN(C2=Nc3ccccc3S(=O)c3ccc(Cl)cc32)CC1. The van der Waals surface area contributed by atoms with E-state index in [2.05, 4.69) is 16.8 Å². The largest absolute Gasteiger partial charge is 0.353 e. The molecule has 1 saturated heterocycles. The summed E-state index contributed by atoms with van der Waals surface area (Å²) in [4.78, 5) is 11.0. The van der Waals surface area contributed by atoms with Gasteiger partial charge in [-0.1, -0.05) is 23.7 Å². The molecule has 6 heteroatoms. The van der Waals surface area contributed by atoms with E-state index in [1.807, 2.05) is 36.4 Å². The monoisotopic (exact) mass is 359 g/mol. The summed E-state index contributed by atoms with van der Waals surface area (Å²) in [5.74, 6) is 0.874. The van der Waals surface area contributed by atoms with Crippen LogP contribution in [0, 0.1) is 0 Å². The van der Waals surface area contributed by atoms with E-state index in [1.165, 1.54) is 0 Å². The highest BCUT2D eigenvalue weighted by Crippen LogP contribution is 2.34. The first-order chi connectivity index (χ1) is 11.6. The van der Waals surface area contributed by atoms with Crippen LogP contribution < -0.4 is 0 Å². The molecule has 24 heavy (non-hydrogen) atoms. The Kier molecular flexibility index (Phi) is 4.16. The number of rotatable bonds is 0. The van der Waals surface area contributed by atoms with Gasteiger partial charge < -0.3 is 9.80 Å². The molecule has 2 aliphatic heterocycles. The van der Waals surface area contributed by atoms with Gasteiger partial charge in [0.2, 0.25) is 0 Å². The Morgan fingerprint density at radius 3 is 2.58 bits per heavy atom. The summed E-state index contributed by atoms with van der Waals surface area (Å²) in [6.45, 7) is 3.77. The molecular weight excluding hydrogens is 342 g/mol. The number of amidine groups is 1. The third-order valence-electron chi connectivity index (χ3n) is 4.48. The van der Waals surface area contributed by atoms with E-state index in [1.54, 1.807) is 6.07 Å². The lowest BCUT2D eigenvalue weighted by Gasteiger charge is -2.34. The van der Waals surface area contributed by atoms with Crippen molar-refractivity contribution in [1.82, 2.24) is 9.80 Å². The molecule has 4 nitrogen and oxygen atoms in total. The average Bonchev–Trinajstić information content (AvgIpc) is 2.71. The van der Waals surface area contributed by atoms with Crippen molar-refractivity contribution in [2.24, 2.45) is 4.99 Å². The van der Waals surface area contributed by atoms with Crippen LogP contribution in [0.2, 0.25) is 5.02 Å². The number of aliphatic imine (C=N–C) groups is 1. The first-order valence-corrected chi connectivity index (χ1v) is 9.49. The highest BCUT2D eigenvalue weighted by atomic mass is 35.5. The fourth-order valence-corrected chi connectivity index (χ4v) is 4.55.